The number of nitrogens with one attached hydrogen (secondary N) is 9. The van der Waals surface area contributed by atoms with E-state index in [1.807, 2.05) is 6.92 Å². The smallest absolute Gasteiger partial charge is 0.303 e. The Bertz CT molecular complexity index is 2560. The van der Waals surface area contributed by atoms with E-state index < -0.39 is 277 Å². The second-order valence-corrected chi connectivity index (χ2v) is 20.0. The summed E-state index contributed by atoms with van der Waals surface area (Å²) in [4.78, 5) is 239. The first-order chi connectivity index (χ1) is 41.7. The van der Waals surface area contributed by atoms with Crippen LogP contribution >= 0.6 is 0 Å². The van der Waals surface area contributed by atoms with Crippen molar-refractivity contribution in [2.75, 3.05) is 0 Å². The van der Waals surface area contributed by atoms with Crippen LogP contribution in [0.3, 0.4) is 0 Å². The molecule has 0 spiro atoms. The number of carbonyl (C=O) groups excluding carboxylic acids is 10. The van der Waals surface area contributed by atoms with Gasteiger partial charge in [0.1, 0.15) is 54.6 Å². The second-order valence-electron chi connectivity index (χ2n) is 20.0. The maximum absolute atomic E-state index is 14.1. The predicted octanol–water partition coefficient (Wildman–Crippen LogP) is -3.70. The van der Waals surface area contributed by atoms with Crippen LogP contribution in [0.25, 0.3) is 0 Å². The fourth-order valence-corrected chi connectivity index (χ4v) is 7.91. The van der Waals surface area contributed by atoms with E-state index in [0.29, 0.717) is 12.8 Å². The summed E-state index contributed by atoms with van der Waals surface area (Å²) in [6, 6.07) is -17.3. The molecule has 0 heterocycles. The Kier molecular flexibility index (Phi) is 38.1. The molecule has 0 aliphatic heterocycles. The lowest BCUT2D eigenvalue weighted by molar-refractivity contribution is -0.141. The topological polar surface area (TPSA) is 615 Å². The molecule has 0 saturated carbocycles. The van der Waals surface area contributed by atoms with Gasteiger partial charge in [0.2, 0.25) is 53.2 Å². The van der Waals surface area contributed by atoms with Crippen molar-refractivity contribution in [1.29, 1.82) is 0 Å². The Balaban J connectivity index is 7.19. The van der Waals surface area contributed by atoms with Crippen LogP contribution in [-0.4, -0.2) is 214 Å². The fraction of sp³-hybridized carbons (Fsp3) is 0.635. The number of amides is 9. The molecule has 0 aliphatic carbocycles. The largest absolute Gasteiger partial charge is 0.481 e. The molecule has 18 N–H and O–H groups in total. The fourth-order valence-electron chi connectivity index (χ4n) is 7.91. The summed E-state index contributed by atoms with van der Waals surface area (Å²) in [7, 11) is 0. The van der Waals surface area contributed by atoms with Gasteiger partial charge in [0.05, 0.1) is 6.04 Å². The average molecular weight is 1280 g/mol. The van der Waals surface area contributed by atoms with E-state index in [1.165, 1.54) is 0 Å². The summed E-state index contributed by atoms with van der Waals surface area (Å²) >= 11 is 0. The summed E-state index contributed by atoms with van der Waals surface area (Å²) in [5.74, 6) is -25.6. The number of rotatable bonds is 50. The Morgan fingerprint density at radius 2 is 0.449 bits per heavy atom. The van der Waals surface area contributed by atoms with Crippen molar-refractivity contribution in [3.63, 3.8) is 0 Å². The Labute approximate surface area is 506 Å². The zero-order valence-electron chi connectivity index (χ0n) is 48.3. The van der Waals surface area contributed by atoms with Crippen LogP contribution in [0.15, 0.2) is 0 Å². The summed E-state index contributed by atoms with van der Waals surface area (Å²) in [6.07, 6.45) is -11.8. The lowest BCUT2D eigenvalue weighted by Gasteiger charge is -2.28. The SMILES string of the molecule is CCCCCCC(=O)N[C@H](CCC(=O)O)C(=O)N[C@H](CCC(=O)O)C(=O)N[C@H](CCC(=O)O)C(=O)N[C@H](CCC(=O)O)C(=O)N[C@H](CCC(=O)O)C(=O)N[C@H](CCC(=O)O)C(=O)N[C@H](CCC(=O)O)C(=O)N[C@H](CCC(=O)O)C(=O)N[C@@H](C=O)CCC(=O)O. The second kappa shape index (κ2) is 42.9. The molecule has 0 aliphatic rings. The van der Waals surface area contributed by atoms with Crippen molar-refractivity contribution >= 4 is 113 Å². The predicted molar refractivity (Wildman–Crippen MR) is 294 cm³/mol. The van der Waals surface area contributed by atoms with Crippen LogP contribution in [0.2, 0.25) is 0 Å². The Morgan fingerprint density at radius 1 is 0.258 bits per heavy atom. The normalized spacial score (nSPS) is 13.8. The molecule has 498 valence electrons. The van der Waals surface area contributed by atoms with Gasteiger partial charge in [-0.2, -0.15) is 0 Å². The molecule has 89 heavy (non-hydrogen) atoms. The van der Waals surface area contributed by atoms with Gasteiger partial charge >= 0.3 is 53.7 Å². The van der Waals surface area contributed by atoms with Gasteiger partial charge in [-0.15, -0.1) is 0 Å². The highest BCUT2D eigenvalue weighted by Gasteiger charge is 2.36. The highest BCUT2D eigenvalue weighted by Crippen LogP contribution is 2.12. The van der Waals surface area contributed by atoms with Crippen LogP contribution in [0.5, 0.6) is 0 Å². The molecule has 0 aromatic carbocycles. The summed E-state index contributed by atoms with van der Waals surface area (Å²) in [6.45, 7) is 1.91. The number of aldehydes is 1. The van der Waals surface area contributed by atoms with E-state index in [9.17, 15) is 132 Å². The molecule has 0 aromatic heterocycles. The Hall–Kier alpha value is -9.87. The molecule has 37 heteroatoms. The van der Waals surface area contributed by atoms with Crippen LogP contribution in [0, 0.1) is 0 Å². The number of carboxylic acid groups (broad SMARTS) is 9. The third-order valence-electron chi connectivity index (χ3n) is 12.7. The van der Waals surface area contributed by atoms with Crippen LogP contribution in [0.1, 0.15) is 155 Å². The van der Waals surface area contributed by atoms with Crippen molar-refractivity contribution in [3.8, 4) is 0 Å². The minimum atomic E-state index is -2.13. The average Bonchev–Trinajstić information content (AvgIpc) is 3.63. The molecule has 37 nitrogen and oxygen atoms in total. The van der Waals surface area contributed by atoms with Gasteiger partial charge in [0.25, 0.3) is 0 Å². The molecule has 0 fully saturated rings. The van der Waals surface area contributed by atoms with E-state index in [0.717, 1.165) is 12.8 Å². The molecular formula is C52H77N9O28. The molecule has 9 amide bonds. The zero-order valence-corrected chi connectivity index (χ0v) is 48.3. The van der Waals surface area contributed by atoms with Crippen LogP contribution in [-0.2, 0) is 91.1 Å². The number of carboxylic acids is 9. The molecule has 0 aromatic rings. The highest BCUT2D eigenvalue weighted by molar-refractivity contribution is 5.99. The first-order valence-electron chi connectivity index (χ1n) is 27.8. The molecule has 0 unspecified atom stereocenters. The van der Waals surface area contributed by atoms with Gasteiger partial charge in [-0.05, 0) is 64.2 Å². The third-order valence-corrected chi connectivity index (χ3v) is 12.7. The monoisotopic (exact) mass is 1280 g/mol. The molecule has 9 atom stereocenters. The van der Waals surface area contributed by atoms with Gasteiger partial charge in [0.15, 0.2) is 0 Å². The maximum atomic E-state index is 14.1. The summed E-state index contributed by atoms with van der Waals surface area (Å²) in [5.41, 5.74) is 0. The van der Waals surface area contributed by atoms with Crippen molar-refractivity contribution in [2.45, 2.75) is 209 Å². The van der Waals surface area contributed by atoms with Gasteiger partial charge in [-0.1, -0.05) is 26.2 Å². The molecular weight excluding hydrogens is 1200 g/mol. The first kappa shape index (κ1) is 79.1. The lowest BCUT2D eigenvalue weighted by Crippen LogP contribution is -2.60. The van der Waals surface area contributed by atoms with E-state index >= 15 is 0 Å². The van der Waals surface area contributed by atoms with Crippen molar-refractivity contribution in [1.82, 2.24) is 47.9 Å². The number of hydrogen-bond acceptors (Lipinski definition) is 19. The quantitative estimate of drug-likeness (QED) is 0.0206. The number of aliphatic carboxylic acids is 9. The zero-order chi connectivity index (χ0) is 67.9. The van der Waals surface area contributed by atoms with Gasteiger partial charge < -0.3 is 98.6 Å². The van der Waals surface area contributed by atoms with E-state index in [2.05, 4.69) is 47.9 Å². The van der Waals surface area contributed by atoms with E-state index in [1.54, 1.807) is 0 Å². The lowest BCUT2D eigenvalue weighted by atomic mass is 10.0. The summed E-state index contributed by atoms with van der Waals surface area (Å²) < 4.78 is 0. The van der Waals surface area contributed by atoms with Gasteiger partial charge in [-0.3, -0.25) is 86.3 Å². The molecule has 0 bridgehead atoms. The van der Waals surface area contributed by atoms with Gasteiger partial charge in [-0.25, -0.2) is 0 Å². The van der Waals surface area contributed by atoms with E-state index in [4.69, 9.17) is 5.11 Å². The maximum Gasteiger partial charge on any atom is 0.303 e. The molecule has 0 radical (unpaired) electrons. The van der Waals surface area contributed by atoms with Crippen molar-refractivity contribution in [3.05, 3.63) is 0 Å². The standard InChI is InChI=1S/C52H77N9O28/c1-2-3-4-5-6-35(63)54-27(8-17-37(66)67)46(83)56-29(10-19-39(70)71)48(85)58-31(12-21-41(74)75)50(87)60-33(14-23-43(78)79)52(89)61-34(15-24-44(80)81)51(88)59-32(13-22-42(76)77)49(86)57-30(11-20-40(72)73)47(84)55-28(9-18-38(68)69)45(82)53-26(25-62)7-16-36(64)65/h25-34H,2-24H2,1H3,(H,53,82)(H,54,63)(H,55,84)(H,56,83)(H,57,86)(H,58,85)(H,59,88)(H,60,87)(H,61,89)(H,64,65)(H,66,67)(H,68,69)(H,70,71)(H,72,73)(H,74,75)(H,76,77)(H,78,79)(H,80,81)/t26-,27-,28-,29-,30-,31-,32-,33-,34-/m1/s1. The number of carbonyl (C=O) groups is 19. The molecule has 0 rings (SSSR count). The third kappa shape index (κ3) is 36.7. The minimum Gasteiger partial charge on any atom is -0.481 e. The number of hydrogen-bond donors (Lipinski definition) is 18. The van der Waals surface area contributed by atoms with Gasteiger partial charge in [0, 0.05) is 64.2 Å². The molecule has 0 saturated heterocycles. The highest BCUT2D eigenvalue weighted by atomic mass is 16.4. The van der Waals surface area contributed by atoms with Crippen LogP contribution < -0.4 is 47.9 Å². The Morgan fingerprint density at radius 3 is 0.640 bits per heavy atom. The van der Waals surface area contributed by atoms with E-state index in [-0.39, 0.29) is 12.7 Å². The van der Waals surface area contributed by atoms with Crippen molar-refractivity contribution < 1.29 is 137 Å². The van der Waals surface area contributed by atoms with Crippen molar-refractivity contribution in [2.24, 2.45) is 0 Å². The summed E-state index contributed by atoms with van der Waals surface area (Å²) in [5, 5.41) is 104. The minimum absolute atomic E-state index is 0.0820. The first-order valence-corrected chi connectivity index (χ1v) is 27.8. The number of unbranched alkanes of at least 4 members (excludes halogenated alkanes) is 3. The van der Waals surface area contributed by atoms with Crippen LogP contribution in [0.4, 0.5) is 0 Å².